The minimum atomic E-state index is -0.667. The molecule has 0 radical (unpaired) electrons. The third kappa shape index (κ3) is 9.40. The first kappa shape index (κ1) is 24.2. The summed E-state index contributed by atoms with van der Waals surface area (Å²) in [6.07, 6.45) is 14.9. The van der Waals surface area contributed by atoms with E-state index in [9.17, 15) is 20.0 Å². The number of carbonyl (C=O) groups is 1. The molecule has 0 spiro atoms. The largest absolute Gasteiger partial charge is 0.507 e. The number of amides is 1. The van der Waals surface area contributed by atoms with Crippen LogP contribution < -0.4 is 5.32 Å². The molecule has 6 nitrogen and oxygen atoms in total. The monoisotopic (exact) mass is 412 g/mol. The Hall–Kier alpha value is -1.82. The number of phenols is 1. The van der Waals surface area contributed by atoms with Gasteiger partial charge in [0.15, 0.2) is 0 Å². The van der Waals surface area contributed by atoms with Gasteiger partial charge in [-0.2, -0.15) is 0 Å². The van der Waals surface area contributed by atoms with Gasteiger partial charge in [-0.05, 0) is 6.42 Å². The number of aromatic hydroxyl groups is 1. The maximum atomic E-state index is 12.1. The zero-order valence-electron chi connectivity index (χ0n) is 16.8. The van der Waals surface area contributed by atoms with Crippen LogP contribution in [-0.2, 0) is 0 Å². The fraction of sp³-hybridized carbons (Fsp3) is 0.667. The molecule has 0 unspecified atom stereocenters. The number of hydrogen-bond donors (Lipinski definition) is 2. The fourth-order valence-corrected chi connectivity index (χ4v) is 3.46. The van der Waals surface area contributed by atoms with Crippen molar-refractivity contribution in [1.29, 1.82) is 0 Å². The molecule has 1 aromatic carbocycles. The Bertz CT molecular complexity index is 599. The van der Waals surface area contributed by atoms with Crippen molar-refractivity contribution in [3.05, 3.63) is 32.8 Å². The number of non-ortho nitro benzene ring substituents is 1. The average molecular weight is 413 g/mol. The van der Waals surface area contributed by atoms with Gasteiger partial charge in [0.05, 0.1) is 16.0 Å². The van der Waals surface area contributed by atoms with Crippen LogP contribution in [0.2, 0.25) is 5.02 Å². The summed E-state index contributed by atoms with van der Waals surface area (Å²) in [7, 11) is 0. The van der Waals surface area contributed by atoms with Gasteiger partial charge in [0, 0.05) is 12.6 Å². The molecule has 0 aromatic heterocycles. The second-order valence-electron chi connectivity index (χ2n) is 7.22. The third-order valence-corrected chi connectivity index (χ3v) is 5.11. The van der Waals surface area contributed by atoms with Crippen LogP contribution in [0.3, 0.4) is 0 Å². The SMILES string of the molecule is CCCCCCCCCCCCCCNC(=O)c1c(O)cc([N+](=O)[O-])cc1Cl. The Labute approximate surface area is 172 Å². The van der Waals surface area contributed by atoms with Crippen molar-refractivity contribution in [2.45, 2.75) is 84.0 Å². The predicted octanol–water partition coefficient (Wildman–Crippen LogP) is 6.38. The van der Waals surface area contributed by atoms with E-state index in [1.165, 1.54) is 57.8 Å². The predicted molar refractivity (Wildman–Crippen MR) is 113 cm³/mol. The van der Waals surface area contributed by atoms with Gasteiger partial charge in [-0.1, -0.05) is 89.2 Å². The summed E-state index contributed by atoms with van der Waals surface area (Å²) in [6, 6.07) is 2.00. The number of nitro benzene ring substituents is 1. The molecule has 0 fully saturated rings. The van der Waals surface area contributed by atoms with E-state index < -0.39 is 16.6 Å². The van der Waals surface area contributed by atoms with Crippen LogP contribution in [0.25, 0.3) is 0 Å². The van der Waals surface area contributed by atoms with E-state index in [-0.39, 0.29) is 16.3 Å². The number of nitrogens with zero attached hydrogens (tertiary/aromatic N) is 1. The smallest absolute Gasteiger partial charge is 0.274 e. The lowest BCUT2D eigenvalue weighted by Crippen LogP contribution is -2.24. The first-order valence-electron chi connectivity index (χ1n) is 10.4. The molecule has 1 rings (SSSR count). The normalized spacial score (nSPS) is 10.8. The third-order valence-electron chi connectivity index (χ3n) is 4.81. The van der Waals surface area contributed by atoms with E-state index in [1.807, 2.05) is 0 Å². The van der Waals surface area contributed by atoms with E-state index in [2.05, 4.69) is 12.2 Å². The molecule has 0 saturated heterocycles. The molecule has 158 valence electrons. The van der Waals surface area contributed by atoms with Gasteiger partial charge in [-0.3, -0.25) is 14.9 Å². The molecule has 0 atom stereocenters. The number of hydrogen-bond acceptors (Lipinski definition) is 4. The molecular weight excluding hydrogens is 380 g/mol. The highest BCUT2D eigenvalue weighted by Gasteiger charge is 2.20. The molecule has 28 heavy (non-hydrogen) atoms. The number of nitrogens with one attached hydrogen (secondary N) is 1. The minimum absolute atomic E-state index is 0.119. The Morgan fingerprint density at radius 1 is 1.00 bits per heavy atom. The molecule has 1 aromatic rings. The maximum Gasteiger partial charge on any atom is 0.274 e. The second-order valence-corrected chi connectivity index (χ2v) is 7.63. The molecule has 0 heterocycles. The van der Waals surface area contributed by atoms with Crippen LogP contribution in [0.15, 0.2) is 12.1 Å². The zero-order chi connectivity index (χ0) is 20.8. The van der Waals surface area contributed by atoms with E-state index in [0.29, 0.717) is 6.54 Å². The van der Waals surface area contributed by atoms with E-state index in [1.54, 1.807) is 0 Å². The number of halogens is 1. The topological polar surface area (TPSA) is 92.5 Å². The number of phenolic OH excluding ortho intramolecular Hbond substituents is 1. The van der Waals surface area contributed by atoms with Crippen molar-refractivity contribution in [3.8, 4) is 5.75 Å². The quantitative estimate of drug-likeness (QED) is 0.198. The highest BCUT2D eigenvalue weighted by Crippen LogP contribution is 2.31. The standard InChI is InChI=1S/C21H33ClN2O4/c1-2-3-4-5-6-7-8-9-10-11-12-13-14-23-21(26)20-18(22)15-17(24(27)28)16-19(20)25/h15-16,25H,2-14H2,1H3,(H,23,26). The molecule has 0 aliphatic heterocycles. The van der Waals surface area contributed by atoms with Gasteiger partial charge in [0.1, 0.15) is 11.3 Å². The number of benzene rings is 1. The summed E-state index contributed by atoms with van der Waals surface area (Å²) < 4.78 is 0. The fourth-order valence-electron chi connectivity index (χ4n) is 3.16. The molecule has 2 N–H and O–H groups in total. The van der Waals surface area contributed by atoms with Crippen molar-refractivity contribution in [2.24, 2.45) is 0 Å². The van der Waals surface area contributed by atoms with Gasteiger partial charge in [0.2, 0.25) is 0 Å². The van der Waals surface area contributed by atoms with E-state index >= 15 is 0 Å². The summed E-state index contributed by atoms with van der Waals surface area (Å²) in [5.41, 5.74) is -0.466. The first-order chi connectivity index (χ1) is 13.5. The Balaban J connectivity index is 2.12. The summed E-state index contributed by atoms with van der Waals surface area (Å²) in [5, 5.41) is 23.2. The van der Waals surface area contributed by atoms with E-state index in [4.69, 9.17) is 11.6 Å². The van der Waals surface area contributed by atoms with Crippen LogP contribution in [0.4, 0.5) is 5.69 Å². The highest BCUT2D eigenvalue weighted by molar-refractivity contribution is 6.34. The summed E-state index contributed by atoms with van der Waals surface area (Å²) in [5.74, 6) is -0.994. The lowest BCUT2D eigenvalue weighted by Gasteiger charge is -2.08. The molecule has 0 aliphatic carbocycles. The number of nitro groups is 1. The van der Waals surface area contributed by atoms with Crippen LogP contribution in [0.5, 0.6) is 5.75 Å². The first-order valence-corrected chi connectivity index (χ1v) is 10.8. The van der Waals surface area contributed by atoms with Crippen LogP contribution in [0.1, 0.15) is 94.3 Å². The minimum Gasteiger partial charge on any atom is -0.507 e. The molecule has 7 heteroatoms. The Kier molecular flexibility index (Phi) is 12.3. The maximum absolute atomic E-state index is 12.1. The van der Waals surface area contributed by atoms with Gasteiger partial charge in [0.25, 0.3) is 11.6 Å². The Morgan fingerprint density at radius 3 is 1.96 bits per heavy atom. The molecule has 0 bridgehead atoms. The number of carbonyl (C=O) groups excluding carboxylic acids is 1. The molecular formula is C21H33ClN2O4. The van der Waals surface area contributed by atoms with Gasteiger partial charge in [-0.25, -0.2) is 0 Å². The van der Waals surface area contributed by atoms with Gasteiger partial charge < -0.3 is 10.4 Å². The second kappa shape index (κ2) is 14.2. The lowest BCUT2D eigenvalue weighted by atomic mass is 10.1. The van der Waals surface area contributed by atoms with Crippen LogP contribution in [0, 0.1) is 10.1 Å². The zero-order valence-corrected chi connectivity index (χ0v) is 17.6. The van der Waals surface area contributed by atoms with Crippen molar-refractivity contribution in [3.63, 3.8) is 0 Å². The average Bonchev–Trinajstić information content (AvgIpc) is 2.64. The van der Waals surface area contributed by atoms with E-state index in [0.717, 1.165) is 31.4 Å². The van der Waals surface area contributed by atoms with Crippen molar-refractivity contribution in [1.82, 2.24) is 5.32 Å². The summed E-state index contributed by atoms with van der Waals surface area (Å²) >= 11 is 5.91. The number of rotatable bonds is 15. The van der Waals surface area contributed by atoms with Gasteiger partial charge >= 0.3 is 0 Å². The number of unbranched alkanes of at least 4 members (excludes halogenated alkanes) is 11. The summed E-state index contributed by atoms with van der Waals surface area (Å²) in [4.78, 5) is 22.2. The molecule has 0 aliphatic rings. The van der Waals surface area contributed by atoms with Crippen LogP contribution in [-0.4, -0.2) is 22.5 Å². The Morgan fingerprint density at radius 2 is 1.50 bits per heavy atom. The summed E-state index contributed by atoms with van der Waals surface area (Å²) in [6.45, 7) is 2.73. The van der Waals surface area contributed by atoms with Crippen molar-refractivity contribution < 1.29 is 14.8 Å². The van der Waals surface area contributed by atoms with Crippen molar-refractivity contribution >= 4 is 23.2 Å². The van der Waals surface area contributed by atoms with Gasteiger partial charge in [-0.15, -0.1) is 0 Å². The van der Waals surface area contributed by atoms with Crippen LogP contribution >= 0.6 is 11.6 Å². The lowest BCUT2D eigenvalue weighted by molar-refractivity contribution is -0.384. The van der Waals surface area contributed by atoms with Crippen molar-refractivity contribution in [2.75, 3.05) is 6.54 Å². The highest BCUT2D eigenvalue weighted by atomic mass is 35.5. The molecule has 1 amide bonds. The molecule has 0 saturated carbocycles.